The average molecular weight is 516 g/mol. The van der Waals surface area contributed by atoms with E-state index < -0.39 is 0 Å². The van der Waals surface area contributed by atoms with Crippen LogP contribution in [0.3, 0.4) is 0 Å². The Morgan fingerprint density at radius 2 is 1.76 bits per heavy atom. The molecule has 0 atom stereocenters. The predicted molar refractivity (Wildman–Crippen MR) is 153 cm³/mol. The van der Waals surface area contributed by atoms with Crippen LogP contribution in [0.4, 0.5) is 11.4 Å². The zero-order valence-electron chi connectivity index (χ0n) is 22.4. The molecule has 38 heavy (non-hydrogen) atoms. The van der Waals surface area contributed by atoms with Crippen LogP contribution in [0.1, 0.15) is 66.3 Å². The molecule has 0 spiro atoms. The smallest absolute Gasteiger partial charge is 0.257 e. The molecule has 3 heterocycles. The van der Waals surface area contributed by atoms with E-state index in [1.807, 2.05) is 13.0 Å². The van der Waals surface area contributed by atoms with Gasteiger partial charge in [0.05, 0.1) is 35.4 Å². The number of amides is 2. The topological polar surface area (TPSA) is 135 Å². The minimum Gasteiger partial charge on any atom is -0.324 e. The summed E-state index contributed by atoms with van der Waals surface area (Å²) in [5, 5.41) is 20.9. The van der Waals surface area contributed by atoms with E-state index in [4.69, 9.17) is 10.8 Å². The largest absolute Gasteiger partial charge is 0.324 e. The minimum absolute atomic E-state index is 0.0989. The highest BCUT2D eigenvalue weighted by molar-refractivity contribution is 6.05. The molecule has 9 heteroatoms. The van der Waals surface area contributed by atoms with E-state index in [-0.39, 0.29) is 11.8 Å². The maximum atomic E-state index is 13.2. The number of aromatic nitrogens is 2. The number of aryl methyl sites for hydroxylation is 2. The minimum atomic E-state index is -0.340. The highest BCUT2D eigenvalue weighted by Gasteiger charge is 2.16. The third-order valence-electron chi connectivity index (χ3n) is 6.46. The number of allylic oxidation sites excluding steroid dienone is 3. The van der Waals surface area contributed by atoms with Gasteiger partial charge in [-0.05, 0) is 87.2 Å². The van der Waals surface area contributed by atoms with Crippen molar-refractivity contribution in [1.82, 2.24) is 14.9 Å². The van der Waals surface area contributed by atoms with Gasteiger partial charge in [-0.1, -0.05) is 19.8 Å². The second kappa shape index (κ2) is 14.1. The lowest BCUT2D eigenvalue weighted by Gasteiger charge is -2.25. The number of anilines is 2. The quantitative estimate of drug-likeness (QED) is 0.242. The van der Waals surface area contributed by atoms with Crippen LogP contribution in [0.25, 0.3) is 6.08 Å². The standard InChI is InChI=1S/C29H37N7O2/c1-4-8-22(23(16-31)9-10-30)13-24-14-25(17-32-20(24)2)29(38)35-27-15-26(18-33-21(27)3)34-28(37)19-36-11-6-5-7-12-36/h9-10,13-18,30-31H,4-8,11-12,19H2,1-3H3,(H,34,37)(H,35,38)/b22-13+,23-9+,30-10?,31-16?. The normalized spacial score (nSPS) is 14.6. The van der Waals surface area contributed by atoms with Gasteiger partial charge in [-0.3, -0.25) is 24.5 Å². The molecule has 0 radical (unpaired) electrons. The molecule has 1 aliphatic rings. The zero-order valence-corrected chi connectivity index (χ0v) is 22.4. The molecule has 1 fully saturated rings. The summed E-state index contributed by atoms with van der Waals surface area (Å²) in [5.74, 6) is -0.438. The maximum Gasteiger partial charge on any atom is 0.257 e. The van der Waals surface area contributed by atoms with Crippen molar-refractivity contribution >= 4 is 41.7 Å². The molecular weight excluding hydrogens is 478 g/mol. The Bertz CT molecular complexity index is 1240. The number of carbonyl (C=O) groups excluding carboxylic acids is 2. The summed E-state index contributed by atoms with van der Waals surface area (Å²) < 4.78 is 0. The summed E-state index contributed by atoms with van der Waals surface area (Å²) >= 11 is 0. The molecule has 2 aromatic heterocycles. The summed E-state index contributed by atoms with van der Waals surface area (Å²) in [6.07, 6.45) is 14.1. The van der Waals surface area contributed by atoms with Gasteiger partial charge >= 0.3 is 0 Å². The summed E-state index contributed by atoms with van der Waals surface area (Å²) in [6, 6.07) is 3.49. The molecule has 2 amide bonds. The number of hydrogen-bond donors (Lipinski definition) is 4. The van der Waals surface area contributed by atoms with Crippen molar-refractivity contribution in [3.05, 3.63) is 64.3 Å². The van der Waals surface area contributed by atoms with Crippen molar-refractivity contribution < 1.29 is 9.59 Å². The lowest BCUT2D eigenvalue weighted by molar-refractivity contribution is -0.117. The summed E-state index contributed by atoms with van der Waals surface area (Å²) in [6.45, 7) is 7.92. The fraction of sp³-hybridized carbons (Fsp3) is 0.379. The monoisotopic (exact) mass is 515 g/mol. The Kier molecular flexibility index (Phi) is 10.6. The molecule has 9 nitrogen and oxygen atoms in total. The van der Waals surface area contributed by atoms with E-state index in [2.05, 4.69) is 32.4 Å². The third-order valence-corrected chi connectivity index (χ3v) is 6.46. The Morgan fingerprint density at radius 3 is 2.45 bits per heavy atom. The van der Waals surface area contributed by atoms with Crippen LogP contribution >= 0.6 is 0 Å². The molecule has 1 aliphatic heterocycles. The fourth-order valence-electron chi connectivity index (χ4n) is 4.36. The molecule has 0 aromatic carbocycles. The lowest BCUT2D eigenvalue weighted by Crippen LogP contribution is -2.36. The van der Waals surface area contributed by atoms with E-state index in [1.54, 1.807) is 31.3 Å². The summed E-state index contributed by atoms with van der Waals surface area (Å²) in [7, 11) is 0. The van der Waals surface area contributed by atoms with Gasteiger partial charge in [-0.15, -0.1) is 0 Å². The maximum absolute atomic E-state index is 13.2. The second-order valence-electron chi connectivity index (χ2n) is 9.45. The van der Waals surface area contributed by atoms with Gasteiger partial charge in [0.15, 0.2) is 0 Å². The van der Waals surface area contributed by atoms with Crippen molar-refractivity contribution in [3.8, 4) is 0 Å². The van der Waals surface area contributed by atoms with Crippen LogP contribution in [0.2, 0.25) is 0 Å². The molecule has 2 aromatic rings. The van der Waals surface area contributed by atoms with Crippen molar-refractivity contribution in [1.29, 1.82) is 10.8 Å². The van der Waals surface area contributed by atoms with Crippen LogP contribution in [0.15, 0.2) is 41.7 Å². The van der Waals surface area contributed by atoms with Crippen molar-refractivity contribution in [2.45, 2.75) is 52.9 Å². The van der Waals surface area contributed by atoms with Gasteiger partial charge in [0.1, 0.15) is 0 Å². The molecule has 4 N–H and O–H groups in total. The average Bonchev–Trinajstić information content (AvgIpc) is 2.90. The van der Waals surface area contributed by atoms with E-state index in [9.17, 15) is 9.59 Å². The van der Waals surface area contributed by atoms with E-state index in [0.717, 1.165) is 55.6 Å². The van der Waals surface area contributed by atoms with Crippen LogP contribution in [0.5, 0.6) is 0 Å². The Balaban J connectivity index is 1.77. The van der Waals surface area contributed by atoms with Gasteiger partial charge in [0, 0.05) is 24.3 Å². The number of piperidine rings is 1. The van der Waals surface area contributed by atoms with Crippen molar-refractivity contribution in [3.63, 3.8) is 0 Å². The highest BCUT2D eigenvalue weighted by atomic mass is 16.2. The van der Waals surface area contributed by atoms with Crippen molar-refractivity contribution in [2.75, 3.05) is 30.3 Å². The van der Waals surface area contributed by atoms with E-state index in [0.29, 0.717) is 34.8 Å². The first kappa shape index (κ1) is 28.6. The molecule has 200 valence electrons. The van der Waals surface area contributed by atoms with Gasteiger partial charge < -0.3 is 21.5 Å². The van der Waals surface area contributed by atoms with Gasteiger partial charge in [-0.2, -0.15) is 0 Å². The Morgan fingerprint density at radius 1 is 1.03 bits per heavy atom. The molecule has 3 rings (SSSR count). The number of pyridine rings is 2. The van der Waals surface area contributed by atoms with Crippen LogP contribution < -0.4 is 10.6 Å². The molecule has 0 saturated carbocycles. The third kappa shape index (κ3) is 8.01. The predicted octanol–water partition coefficient (Wildman–Crippen LogP) is 5.18. The molecule has 1 saturated heterocycles. The Hall–Kier alpha value is -3.98. The Labute approximate surface area is 224 Å². The van der Waals surface area contributed by atoms with Crippen molar-refractivity contribution in [2.24, 2.45) is 0 Å². The van der Waals surface area contributed by atoms with Gasteiger partial charge in [-0.25, -0.2) is 0 Å². The van der Waals surface area contributed by atoms with Crippen LogP contribution in [0, 0.1) is 24.7 Å². The van der Waals surface area contributed by atoms with Crippen LogP contribution in [-0.4, -0.2) is 58.7 Å². The second-order valence-corrected chi connectivity index (χ2v) is 9.45. The van der Waals surface area contributed by atoms with Crippen LogP contribution in [-0.2, 0) is 4.79 Å². The number of nitrogens with zero attached hydrogens (tertiary/aromatic N) is 3. The zero-order chi connectivity index (χ0) is 27.5. The number of rotatable bonds is 11. The fourth-order valence-corrected chi connectivity index (χ4v) is 4.36. The molecule has 0 aliphatic carbocycles. The van der Waals surface area contributed by atoms with E-state index in [1.165, 1.54) is 25.0 Å². The van der Waals surface area contributed by atoms with Gasteiger partial charge in [0.2, 0.25) is 5.91 Å². The summed E-state index contributed by atoms with van der Waals surface area (Å²) in [5.41, 5.74) is 5.13. The first-order chi connectivity index (χ1) is 18.3. The highest BCUT2D eigenvalue weighted by Crippen LogP contribution is 2.22. The number of likely N-dealkylation sites (tertiary alicyclic amines) is 1. The first-order valence-electron chi connectivity index (χ1n) is 13.0. The molecule has 0 bridgehead atoms. The van der Waals surface area contributed by atoms with Gasteiger partial charge in [0.25, 0.3) is 5.91 Å². The lowest BCUT2D eigenvalue weighted by atomic mass is 9.98. The number of nitrogens with one attached hydrogen (secondary N) is 4. The summed E-state index contributed by atoms with van der Waals surface area (Å²) in [4.78, 5) is 36.6. The SMILES string of the molecule is CCCC(=C\c1cc(C(=O)Nc2cc(NC(=O)CN3CCCCC3)cnc2C)cnc1C)/C(C=N)=C/C=N. The molecular formula is C29H37N7O2. The number of carbonyl (C=O) groups is 2. The number of hydrogen-bond acceptors (Lipinski definition) is 7. The molecule has 0 unspecified atom stereocenters. The first-order valence-corrected chi connectivity index (χ1v) is 13.0. The van der Waals surface area contributed by atoms with E-state index >= 15 is 0 Å².